The van der Waals surface area contributed by atoms with Gasteiger partial charge < -0.3 is 10.1 Å². The first-order valence-electron chi connectivity index (χ1n) is 4.98. The van der Waals surface area contributed by atoms with Gasteiger partial charge in [0, 0.05) is 19.3 Å². The van der Waals surface area contributed by atoms with Gasteiger partial charge in [-0.25, -0.2) is 0 Å². The number of methoxy groups -OCH3 is 1. The number of halogens is 1. The fourth-order valence-corrected chi connectivity index (χ4v) is 1.65. The Labute approximate surface area is 104 Å². The van der Waals surface area contributed by atoms with E-state index < -0.39 is 0 Å². The van der Waals surface area contributed by atoms with Gasteiger partial charge in [-0.1, -0.05) is 22.0 Å². The Hall–Kier alpha value is -0.940. The Kier molecular flexibility index (Phi) is 5.42. The summed E-state index contributed by atoms with van der Waals surface area (Å²) in [5.74, 6) is -0.273. The Balaban J connectivity index is 2.36. The van der Waals surface area contributed by atoms with E-state index in [2.05, 4.69) is 31.0 Å². The van der Waals surface area contributed by atoms with Crippen molar-refractivity contribution in [3.63, 3.8) is 0 Å². The number of ether oxygens (including phenoxy) is 1. The maximum absolute atomic E-state index is 11.1. The van der Waals surface area contributed by atoms with Crippen LogP contribution in [0.2, 0.25) is 0 Å². The normalized spacial score (nSPS) is 12.2. The van der Waals surface area contributed by atoms with Crippen molar-refractivity contribution in [1.29, 1.82) is 0 Å². The predicted octanol–water partition coefficient (Wildman–Crippen LogP) is 1.42. The topological polar surface area (TPSA) is 51.2 Å². The summed E-state index contributed by atoms with van der Waals surface area (Å²) < 4.78 is 4.60. The molecule has 1 N–H and O–H groups in total. The van der Waals surface area contributed by atoms with Gasteiger partial charge in [0.05, 0.1) is 12.8 Å². The van der Waals surface area contributed by atoms with Crippen molar-refractivity contribution < 1.29 is 9.53 Å². The number of aryl methyl sites for hydroxylation is 1. The molecule has 1 aromatic rings. The van der Waals surface area contributed by atoms with Gasteiger partial charge in [0.25, 0.3) is 0 Å². The van der Waals surface area contributed by atoms with Crippen molar-refractivity contribution in [1.82, 2.24) is 10.3 Å². The highest BCUT2D eigenvalue weighted by Gasteiger charge is 2.14. The summed E-state index contributed by atoms with van der Waals surface area (Å²) in [5, 5.41) is 3.15. The predicted molar refractivity (Wildman–Crippen MR) is 65.4 cm³/mol. The lowest BCUT2D eigenvalue weighted by molar-refractivity contribution is -0.139. The van der Waals surface area contributed by atoms with Gasteiger partial charge in [0.2, 0.25) is 0 Å². The van der Waals surface area contributed by atoms with Crippen LogP contribution in [0.25, 0.3) is 0 Å². The highest BCUT2D eigenvalue weighted by Crippen LogP contribution is 2.04. The second-order valence-corrected chi connectivity index (χ2v) is 4.49. The number of hydrogen-bond acceptors (Lipinski definition) is 4. The number of hydrogen-bond donors (Lipinski definition) is 1. The second-order valence-electron chi connectivity index (χ2n) is 3.39. The average molecular weight is 287 g/mol. The van der Waals surface area contributed by atoms with E-state index >= 15 is 0 Å². The minimum Gasteiger partial charge on any atom is -0.468 e. The molecular formula is C11H15BrN2O2. The van der Waals surface area contributed by atoms with Crippen LogP contribution in [-0.2, 0) is 16.1 Å². The molecule has 1 rings (SSSR count). The first-order valence-corrected chi connectivity index (χ1v) is 5.90. The summed E-state index contributed by atoms with van der Waals surface area (Å²) in [6.45, 7) is 3.17. The molecule has 1 heterocycles. The summed E-state index contributed by atoms with van der Waals surface area (Å²) in [5.41, 5.74) is 2.13. The zero-order valence-electron chi connectivity index (χ0n) is 9.37. The molecule has 0 aromatic carbocycles. The first-order chi connectivity index (χ1) is 7.65. The molecule has 0 fully saturated rings. The molecule has 0 saturated carbocycles. The van der Waals surface area contributed by atoms with Crippen LogP contribution >= 0.6 is 15.9 Å². The van der Waals surface area contributed by atoms with Gasteiger partial charge in [-0.2, -0.15) is 0 Å². The van der Waals surface area contributed by atoms with Crippen LogP contribution in [0.15, 0.2) is 18.3 Å². The van der Waals surface area contributed by atoms with Crippen molar-refractivity contribution in [3.8, 4) is 0 Å². The third kappa shape index (κ3) is 3.90. The number of aromatic nitrogens is 1. The van der Waals surface area contributed by atoms with Crippen molar-refractivity contribution in [3.05, 3.63) is 29.6 Å². The molecule has 0 bridgehead atoms. The monoisotopic (exact) mass is 286 g/mol. The highest BCUT2D eigenvalue weighted by atomic mass is 79.9. The lowest BCUT2D eigenvalue weighted by atomic mass is 10.2. The molecule has 4 nitrogen and oxygen atoms in total. The van der Waals surface area contributed by atoms with Gasteiger partial charge in [-0.3, -0.25) is 9.78 Å². The quantitative estimate of drug-likeness (QED) is 0.657. The van der Waals surface area contributed by atoms with E-state index in [0.29, 0.717) is 13.1 Å². The lowest BCUT2D eigenvalue weighted by Crippen LogP contribution is -2.29. The van der Waals surface area contributed by atoms with Crippen LogP contribution in [0, 0.1) is 6.92 Å². The third-order valence-corrected chi connectivity index (χ3v) is 2.89. The van der Waals surface area contributed by atoms with Crippen LogP contribution < -0.4 is 5.32 Å². The van der Waals surface area contributed by atoms with Crippen molar-refractivity contribution in [2.45, 2.75) is 18.3 Å². The van der Waals surface area contributed by atoms with Crippen LogP contribution in [0.3, 0.4) is 0 Å². The first kappa shape index (κ1) is 13.1. The zero-order chi connectivity index (χ0) is 12.0. The SMILES string of the molecule is COC(=O)C(Br)CNCc1ncccc1C. The number of carbonyl (C=O) groups is 1. The number of rotatable bonds is 5. The third-order valence-electron chi connectivity index (χ3n) is 2.19. The van der Waals surface area contributed by atoms with Crippen LogP contribution in [0.5, 0.6) is 0 Å². The lowest BCUT2D eigenvalue weighted by Gasteiger charge is -2.09. The van der Waals surface area contributed by atoms with Crippen LogP contribution in [0.1, 0.15) is 11.3 Å². The molecule has 0 aliphatic heterocycles. The Morgan fingerprint density at radius 1 is 1.69 bits per heavy atom. The van der Waals surface area contributed by atoms with E-state index in [-0.39, 0.29) is 10.8 Å². The summed E-state index contributed by atoms with van der Waals surface area (Å²) in [7, 11) is 1.37. The fourth-order valence-electron chi connectivity index (χ4n) is 1.23. The van der Waals surface area contributed by atoms with Crippen molar-refractivity contribution in [2.75, 3.05) is 13.7 Å². The molecule has 1 unspecified atom stereocenters. The standard InChI is InChI=1S/C11H15BrN2O2/c1-8-4-3-5-14-10(8)7-13-6-9(12)11(15)16-2/h3-5,9,13H,6-7H2,1-2H3. The van der Waals surface area contributed by atoms with Crippen LogP contribution in [0.4, 0.5) is 0 Å². The molecule has 0 spiro atoms. The number of alkyl halides is 1. The van der Waals surface area contributed by atoms with Gasteiger partial charge in [-0.15, -0.1) is 0 Å². The molecule has 0 aliphatic rings. The minimum absolute atomic E-state index is 0.273. The van der Waals surface area contributed by atoms with Crippen molar-refractivity contribution >= 4 is 21.9 Å². The maximum atomic E-state index is 11.1. The number of esters is 1. The van der Waals surface area contributed by atoms with E-state index in [4.69, 9.17) is 0 Å². The molecule has 5 heteroatoms. The molecule has 16 heavy (non-hydrogen) atoms. The summed E-state index contributed by atoms with van der Waals surface area (Å²) in [6.07, 6.45) is 1.76. The molecule has 0 saturated heterocycles. The van der Waals surface area contributed by atoms with E-state index in [9.17, 15) is 4.79 Å². The van der Waals surface area contributed by atoms with E-state index in [1.54, 1.807) is 6.20 Å². The second kappa shape index (κ2) is 6.60. The minimum atomic E-state index is -0.318. The number of carbonyl (C=O) groups excluding carboxylic acids is 1. The molecule has 88 valence electrons. The Bertz CT molecular complexity index is 358. The molecule has 1 atom stereocenters. The largest absolute Gasteiger partial charge is 0.468 e. The molecule has 1 aromatic heterocycles. The smallest absolute Gasteiger partial charge is 0.320 e. The number of nitrogens with one attached hydrogen (secondary N) is 1. The van der Waals surface area contributed by atoms with Gasteiger partial charge in [0.1, 0.15) is 4.83 Å². The maximum Gasteiger partial charge on any atom is 0.320 e. The van der Waals surface area contributed by atoms with E-state index in [1.165, 1.54) is 7.11 Å². The van der Waals surface area contributed by atoms with Gasteiger partial charge in [-0.05, 0) is 18.6 Å². The molecule has 0 aliphatic carbocycles. The van der Waals surface area contributed by atoms with Gasteiger partial charge >= 0.3 is 5.97 Å². The zero-order valence-corrected chi connectivity index (χ0v) is 11.0. The molecule has 0 radical (unpaired) electrons. The summed E-state index contributed by atoms with van der Waals surface area (Å²) in [4.78, 5) is 15.0. The van der Waals surface area contributed by atoms with E-state index in [1.807, 2.05) is 19.1 Å². The highest BCUT2D eigenvalue weighted by molar-refractivity contribution is 9.10. The van der Waals surface area contributed by atoms with Crippen LogP contribution in [-0.4, -0.2) is 29.4 Å². The Morgan fingerprint density at radius 3 is 3.06 bits per heavy atom. The molecular weight excluding hydrogens is 272 g/mol. The summed E-state index contributed by atoms with van der Waals surface area (Å²) in [6, 6.07) is 3.91. The van der Waals surface area contributed by atoms with E-state index in [0.717, 1.165) is 11.3 Å². The Morgan fingerprint density at radius 2 is 2.44 bits per heavy atom. The average Bonchev–Trinajstić information content (AvgIpc) is 2.30. The molecule has 0 amide bonds. The summed E-state index contributed by atoms with van der Waals surface area (Å²) >= 11 is 3.24. The van der Waals surface area contributed by atoms with Gasteiger partial charge in [0.15, 0.2) is 0 Å². The van der Waals surface area contributed by atoms with Crippen molar-refractivity contribution in [2.24, 2.45) is 0 Å². The number of nitrogens with zero attached hydrogens (tertiary/aromatic N) is 1. The fraction of sp³-hybridized carbons (Fsp3) is 0.455. The number of pyridine rings is 1.